The lowest BCUT2D eigenvalue weighted by molar-refractivity contribution is -0.169. The Morgan fingerprint density at radius 1 is 1.24 bits per heavy atom. The summed E-state index contributed by atoms with van der Waals surface area (Å²) in [5, 5.41) is 1.05. The zero-order valence-corrected chi connectivity index (χ0v) is 14.9. The first-order valence-corrected chi connectivity index (χ1v) is 8.04. The highest BCUT2D eigenvalue weighted by Gasteiger charge is 2.48. The number of allylic oxidation sites excluding steroid dienone is 1. The van der Waals surface area contributed by atoms with Crippen LogP contribution in [-0.2, 0) is 32.5 Å². The minimum atomic E-state index is -1.40. The third-order valence-corrected chi connectivity index (χ3v) is 4.55. The van der Waals surface area contributed by atoms with E-state index in [0.29, 0.717) is 6.42 Å². The molecule has 0 amide bonds. The van der Waals surface area contributed by atoms with Gasteiger partial charge in [0.05, 0.1) is 14.2 Å². The number of carbonyl (C=O) groups is 2. The third-order valence-electron chi connectivity index (χ3n) is 4.55. The highest BCUT2D eigenvalue weighted by molar-refractivity contribution is 6.00. The fourth-order valence-corrected chi connectivity index (χ4v) is 3.16. The molecule has 2 aromatic rings. The standard InChI is InChI=1S/C20H23NO4/c1-5-6-9-12-20(18(22)24-3,19(23)25-4)14-16-13-15-10-7-8-11-17(15)21(16)2/h6-8,10-11,13H,1,9,12,14H2,2-4H3. The number of esters is 2. The lowest BCUT2D eigenvalue weighted by atomic mass is 9.78. The van der Waals surface area contributed by atoms with Crippen LogP contribution in [0, 0.1) is 5.41 Å². The molecule has 0 aliphatic heterocycles. The van der Waals surface area contributed by atoms with Gasteiger partial charge in [-0.15, -0.1) is 5.73 Å². The van der Waals surface area contributed by atoms with Crippen molar-refractivity contribution < 1.29 is 19.1 Å². The first-order chi connectivity index (χ1) is 12.0. The van der Waals surface area contributed by atoms with Gasteiger partial charge < -0.3 is 14.0 Å². The molecule has 0 aliphatic rings. The number of methoxy groups -OCH3 is 2. The molecular weight excluding hydrogens is 318 g/mol. The number of para-hydroxylation sites is 1. The Morgan fingerprint density at radius 3 is 2.44 bits per heavy atom. The zero-order valence-electron chi connectivity index (χ0n) is 14.9. The number of hydrogen-bond donors (Lipinski definition) is 0. The molecule has 1 aromatic carbocycles. The van der Waals surface area contributed by atoms with Crippen LogP contribution in [0.15, 0.2) is 48.7 Å². The summed E-state index contributed by atoms with van der Waals surface area (Å²) in [5.74, 6) is -1.19. The van der Waals surface area contributed by atoms with Crippen molar-refractivity contribution in [3.05, 3.63) is 54.4 Å². The molecule has 5 nitrogen and oxygen atoms in total. The number of carbonyl (C=O) groups excluding carboxylic acids is 2. The van der Waals surface area contributed by atoms with Crippen molar-refractivity contribution >= 4 is 22.8 Å². The number of hydrogen-bond acceptors (Lipinski definition) is 4. The van der Waals surface area contributed by atoms with Crippen LogP contribution < -0.4 is 0 Å². The van der Waals surface area contributed by atoms with Gasteiger partial charge in [0.2, 0.25) is 0 Å². The van der Waals surface area contributed by atoms with Gasteiger partial charge >= 0.3 is 11.9 Å². The minimum absolute atomic E-state index is 0.197. The van der Waals surface area contributed by atoms with Crippen LogP contribution in [0.3, 0.4) is 0 Å². The van der Waals surface area contributed by atoms with E-state index < -0.39 is 17.4 Å². The largest absolute Gasteiger partial charge is 0.468 e. The van der Waals surface area contributed by atoms with Crippen molar-refractivity contribution in [1.82, 2.24) is 4.57 Å². The molecule has 0 fully saturated rings. The highest BCUT2D eigenvalue weighted by atomic mass is 16.5. The summed E-state index contributed by atoms with van der Waals surface area (Å²) in [6, 6.07) is 9.89. The van der Waals surface area contributed by atoms with E-state index in [4.69, 9.17) is 9.47 Å². The second-order valence-corrected chi connectivity index (χ2v) is 5.94. The first kappa shape index (κ1) is 18.6. The third kappa shape index (κ3) is 3.52. The molecule has 0 atom stereocenters. The van der Waals surface area contributed by atoms with Crippen LogP contribution in [0.2, 0.25) is 0 Å². The van der Waals surface area contributed by atoms with Crippen molar-refractivity contribution in [2.75, 3.05) is 14.2 Å². The Kier molecular flexibility index (Phi) is 5.84. The maximum atomic E-state index is 12.6. The van der Waals surface area contributed by atoms with Crippen LogP contribution in [0.25, 0.3) is 10.9 Å². The molecular formula is C20H23NO4. The van der Waals surface area contributed by atoms with Gasteiger partial charge in [-0.05, 0) is 36.4 Å². The number of benzene rings is 1. The summed E-state index contributed by atoms with van der Waals surface area (Å²) < 4.78 is 11.9. The Balaban J connectivity index is 2.52. The number of aryl methyl sites for hydroxylation is 1. The van der Waals surface area contributed by atoms with Gasteiger partial charge in [-0.1, -0.05) is 24.8 Å². The van der Waals surface area contributed by atoms with E-state index in [1.54, 1.807) is 6.08 Å². The Hall–Kier alpha value is -2.78. The van der Waals surface area contributed by atoms with Gasteiger partial charge in [-0.2, -0.15) is 0 Å². The predicted molar refractivity (Wildman–Crippen MR) is 96.0 cm³/mol. The van der Waals surface area contributed by atoms with E-state index in [2.05, 4.69) is 12.3 Å². The first-order valence-electron chi connectivity index (χ1n) is 8.04. The topological polar surface area (TPSA) is 57.5 Å². The quantitative estimate of drug-likeness (QED) is 0.441. The van der Waals surface area contributed by atoms with Gasteiger partial charge in [0.25, 0.3) is 0 Å². The zero-order chi connectivity index (χ0) is 18.4. The molecule has 1 aromatic heterocycles. The minimum Gasteiger partial charge on any atom is -0.468 e. The number of ether oxygens (including phenoxy) is 2. The molecule has 0 bridgehead atoms. The van der Waals surface area contributed by atoms with Crippen molar-refractivity contribution in [2.24, 2.45) is 12.5 Å². The molecule has 1 heterocycles. The molecule has 5 heteroatoms. The number of rotatable bonds is 7. The average Bonchev–Trinajstić information content (AvgIpc) is 2.95. The molecule has 0 unspecified atom stereocenters. The highest BCUT2D eigenvalue weighted by Crippen LogP contribution is 2.34. The molecule has 0 N–H and O–H groups in total. The lowest BCUT2D eigenvalue weighted by Gasteiger charge is -2.28. The number of nitrogens with zero attached hydrogens (tertiary/aromatic N) is 1. The summed E-state index contributed by atoms with van der Waals surface area (Å²) in [5.41, 5.74) is 3.16. The van der Waals surface area contributed by atoms with Crippen LogP contribution in [0.1, 0.15) is 18.5 Å². The molecule has 132 valence electrons. The van der Waals surface area contributed by atoms with E-state index in [1.165, 1.54) is 14.2 Å². The fraction of sp³-hybridized carbons (Fsp3) is 0.350. The molecule has 0 radical (unpaired) electrons. The molecule has 0 aliphatic carbocycles. The van der Waals surface area contributed by atoms with Gasteiger partial charge in [-0.3, -0.25) is 9.59 Å². The van der Waals surface area contributed by atoms with Crippen LogP contribution in [0.5, 0.6) is 0 Å². The smallest absolute Gasteiger partial charge is 0.323 e. The van der Waals surface area contributed by atoms with Crippen molar-refractivity contribution in [3.8, 4) is 0 Å². The predicted octanol–water partition coefficient (Wildman–Crippen LogP) is 3.17. The van der Waals surface area contributed by atoms with Crippen LogP contribution >= 0.6 is 0 Å². The maximum absolute atomic E-state index is 12.6. The summed E-state index contributed by atoms with van der Waals surface area (Å²) in [4.78, 5) is 25.2. The lowest BCUT2D eigenvalue weighted by Crippen LogP contribution is -2.43. The van der Waals surface area contributed by atoms with E-state index in [0.717, 1.165) is 16.6 Å². The van der Waals surface area contributed by atoms with Gasteiger partial charge in [0, 0.05) is 24.7 Å². The van der Waals surface area contributed by atoms with Crippen molar-refractivity contribution in [1.29, 1.82) is 0 Å². The van der Waals surface area contributed by atoms with E-state index in [1.807, 2.05) is 41.9 Å². The maximum Gasteiger partial charge on any atom is 0.323 e. The summed E-state index contributed by atoms with van der Waals surface area (Å²) >= 11 is 0. The van der Waals surface area contributed by atoms with Gasteiger partial charge in [0.1, 0.15) is 0 Å². The van der Waals surface area contributed by atoms with Crippen LogP contribution in [0.4, 0.5) is 0 Å². The second-order valence-electron chi connectivity index (χ2n) is 5.94. The fourth-order valence-electron chi connectivity index (χ4n) is 3.16. The van der Waals surface area contributed by atoms with Crippen molar-refractivity contribution in [2.45, 2.75) is 19.3 Å². The van der Waals surface area contributed by atoms with E-state index >= 15 is 0 Å². The normalized spacial score (nSPS) is 11.0. The Labute approximate surface area is 147 Å². The molecule has 2 rings (SSSR count). The average molecular weight is 341 g/mol. The molecule has 25 heavy (non-hydrogen) atoms. The van der Waals surface area contributed by atoms with Crippen LogP contribution in [-0.4, -0.2) is 30.7 Å². The number of fused-ring (bicyclic) bond motifs is 1. The van der Waals surface area contributed by atoms with E-state index in [9.17, 15) is 9.59 Å². The van der Waals surface area contributed by atoms with Crippen molar-refractivity contribution in [3.63, 3.8) is 0 Å². The van der Waals surface area contributed by atoms with Gasteiger partial charge in [0.15, 0.2) is 5.41 Å². The monoisotopic (exact) mass is 341 g/mol. The Bertz CT molecular complexity index is 811. The number of aromatic nitrogens is 1. The Morgan fingerprint density at radius 2 is 1.88 bits per heavy atom. The molecule has 0 saturated carbocycles. The SMILES string of the molecule is C=C=CCCC(Cc1cc2ccccc2n1C)(C(=O)OC)C(=O)OC. The summed E-state index contributed by atoms with van der Waals surface area (Å²) in [6.07, 6.45) is 2.62. The van der Waals surface area contributed by atoms with E-state index in [-0.39, 0.29) is 12.8 Å². The summed E-state index contributed by atoms with van der Waals surface area (Å²) in [6.45, 7) is 3.52. The summed E-state index contributed by atoms with van der Waals surface area (Å²) in [7, 11) is 4.48. The second kappa shape index (κ2) is 7.86. The van der Waals surface area contributed by atoms with Gasteiger partial charge in [-0.25, -0.2) is 0 Å². The molecule has 0 spiro atoms. The molecule has 0 saturated heterocycles.